The van der Waals surface area contributed by atoms with Crippen LogP contribution in [-0.2, 0) is 0 Å². The SMILES string of the molecule is C/C=C/c1cc(N=C(N)CC(N)=NC(C)C)n[nH]1. The van der Waals surface area contributed by atoms with E-state index in [1.165, 1.54) is 0 Å². The van der Waals surface area contributed by atoms with Crippen LogP contribution in [0.1, 0.15) is 32.9 Å². The third-order valence-corrected chi connectivity index (χ3v) is 1.97. The lowest BCUT2D eigenvalue weighted by atomic mass is 10.3. The molecule has 98 valence electrons. The number of allylic oxidation sites excluding steroid dienone is 1. The molecule has 0 aliphatic carbocycles. The quantitative estimate of drug-likeness (QED) is 0.544. The molecule has 0 spiro atoms. The molecule has 0 unspecified atom stereocenters. The van der Waals surface area contributed by atoms with E-state index in [0.717, 1.165) is 5.69 Å². The highest BCUT2D eigenvalue weighted by Crippen LogP contribution is 2.10. The number of aliphatic imine (C=N–C) groups is 2. The van der Waals surface area contributed by atoms with Crippen LogP contribution >= 0.6 is 0 Å². The number of amidine groups is 2. The number of nitrogens with one attached hydrogen (secondary N) is 1. The fourth-order valence-corrected chi connectivity index (χ4v) is 1.40. The smallest absolute Gasteiger partial charge is 0.175 e. The molecule has 0 aromatic carbocycles. The maximum atomic E-state index is 5.78. The van der Waals surface area contributed by atoms with E-state index in [9.17, 15) is 0 Å². The van der Waals surface area contributed by atoms with Gasteiger partial charge in [0, 0.05) is 12.1 Å². The number of aromatic nitrogens is 2. The second-order valence-corrected chi connectivity index (χ2v) is 4.18. The van der Waals surface area contributed by atoms with E-state index < -0.39 is 0 Å². The number of hydrogen-bond donors (Lipinski definition) is 3. The van der Waals surface area contributed by atoms with Gasteiger partial charge in [0.1, 0.15) is 11.7 Å². The van der Waals surface area contributed by atoms with Gasteiger partial charge in [0.05, 0.1) is 12.1 Å². The van der Waals surface area contributed by atoms with Crippen LogP contribution in [0.5, 0.6) is 0 Å². The van der Waals surface area contributed by atoms with Gasteiger partial charge in [0.15, 0.2) is 5.82 Å². The average molecular weight is 248 g/mol. The van der Waals surface area contributed by atoms with E-state index >= 15 is 0 Å². The molecule has 18 heavy (non-hydrogen) atoms. The minimum absolute atomic E-state index is 0.157. The minimum Gasteiger partial charge on any atom is -0.387 e. The summed E-state index contributed by atoms with van der Waals surface area (Å²) < 4.78 is 0. The van der Waals surface area contributed by atoms with Crippen molar-refractivity contribution in [3.8, 4) is 0 Å². The Hall–Kier alpha value is -2.11. The normalized spacial score (nSPS) is 13.8. The van der Waals surface area contributed by atoms with Gasteiger partial charge < -0.3 is 11.5 Å². The van der Waals surface area contributed by atoms with Crippen LogP contribution in [0.2, 0.25) is 0 Å². The molecule has 0 saturated heterocycles. The summed E-state index contributed by atoms with van der Waals surface area (Å²) in [4.78, 5) is 8.35. The van der Waals surface area contributed by atoms with Gasteiger partial charge in [-0.1, -0.05) is 6.08 Å². The molecule has 6 nitrogen and oxygen atoms in total. The maximum absolute atomic E-state index is 5.78. The van der Waals surface area contributed by atoms with Crippen LogP contribution in [0.4, 0.5) is 5.82 Å². The van der Waals surface area contributed by atoms with Gasteiger partial charge in [0.25, 0.3) is 0 Å². The fourth-order valence-electron chi connectivity index (χ4n) is 1.40. The van der Waals surface area contributed by atoms with E-state index in [0.29, 0.717) is 23.9 Å². The molecule has 5 N–H and O–H groups in total. The van der Waals surface area contributed by atoms with Crippen LogP contribution < -0.4 is 11.5 Å². The van der Waals surface area contributed by atoms with Crippen LogP contribution in [0.25, 0.3) is 6.08 Å². The predicted octanol–water partition coefficient (Wildman–Crippen LogP) is 1.59. The molecule has 6 heteroatoms. The summed E-state index contributed by atoms with van der Waals surface area (Å²) in [5, 5.41) is 6.86. The summed E-state index contributed by atoms with van der Waals surface area (Å²) in [5.41, 5.74) is 12.4. The molecule has 1 rings (SSSR count). The Balaban J connectivity index is 2.70. The molecule has 1 heterocycles. The average Bonchev–Trinajstić information content (AvgIpc) is 2.64. The van der Waals surface area contributed by atoms with Crippen molar-refractivity contribution in [3.05, 3.63) is 17.8 Å². The summed E-state index contributed by atoms with van der Waals surface area (Å²) in [6.07, 6.45) is 4.17. The Morgan fingerprint density at radius 1 is 1.44 bits per heavy atom. The summed E-state index contributed by atoms with van der Waals surface area (Å²) in [7, 11) is 0. The van der Waals surface area contributed by atoms with Crippen molar-refractivity contribution in [3.63, 3.8) is 0 Å². The fraction of sp³-hybridized carbons (Fsp3) is 0.417. The topological polar surface area (TPSA) is 105 Å². The van der Waals surface area contributed by atoms with Crippen molar-refractivity contribution in [2.24, 2.45) is 21.5 Å². The summed E-state index contributed by atoms with van der Waals surface area (Å²) >= 11 is 0. The molecule has 0 saturated carbocycles. The zero-order chi connectivity index (χ0) is 13.5. The molecule has 1 aromatic heterocycles. The van der Waals surface area contributed by atoms with Crippen LogP contribution in [0, 0.1) is 0 Å². The standard InChI is InChI=1S/C12H20N6/c1-4-5-9-6-12(18-17-9)16-11(14)7-10(13)15-8(2)3/h4-6,8H,7H2,1-3H3,(H2,13,15)(H3,14,16,17,18)/b5-4+. The predicted molar refractivity (Wildman–Crippen MR) is 76.0 cm³/mol. The molecule has 0 bridgehead atoms. The van der Waals surface area contributed by atoms with E-state index in [2.05, 4.69) is 20.2 Å². The Morgan fingerprint density at radius 2 is 2.17 bits per heavy atom. The van der Waals surface area contributed by atoms with Crippen LogP contribution in [0.3, 0.4) is 0 Å². The lowest BCUT2D eigenvalue weighted by molar-refractivity contribution is 0.831. The van der Waals surface area contributed by atoms with E-state index in [-0.39, 0.29) is 6.04 Å². The lowest BCUT2D eigenvalue weighted by Gasteiger charge is -2.02. The zero-order valence-electron chi connectivity index (χ0n) is 11.0. The Morgan fingerprint density at radius 3 is 2.78 bits per heavy atom. The molecular formula is C12H20N6. The number of nitrogens with two attached hydrogens (primary N) is 2. The summed E-state index contributed by atoms with van der Waals surface area (Å²) in [6.45, 7) is 5.84. The summed E-state index contributed by atoms with van der Waals surface area (Å²) in [6, 6.07) is 1.97. The van der Waals surface area contributed by atoms with E-state index in [4.69, 9.17) is 11.5 Å². The van der Waals surface area contributed by atoms with Crippen molar-refractivity contribution in [1.82, 2.24) is 10.2 Å². The van der Waals surface area contributed by atoms with Gasteiger partial charge in [-0.15, -0.1) is 0 Å². The second kappa shape index (κ2) is 6.58. The molecule has 0 aliphatic rings. The zero-order valence-corrected chi connectivity index (χ0v) is 11.0. The van der Waals surface area contributed by atoms with Crippen molar-refractivity contribution in [2.45, 2.75) is 33.2 Å². The molecule has 0 atom stereocenters. The number of aromatic amines is 1. The van der Waals surface area contributed by atoms with Gasteiger partial charge in [-0.05, 0) is 26.8 Å². The number of hydrogen-bond acceptors (Lipinski definition) is 3. The third kappa shape index (κ3) is 4.82. The van der Waals surface area contributed by atoms with Gasteiger partial charge >= 0.3 is 0 Å². The molecule has 0 aliphatic heterocycles. The first kappa shape index (κ1) is 14.0. The lowest BCUT2D eigenvalue weighted by Crippen LogP contribution is -2.23. The van der Waals surface area contributed by atoms with Crippen LogP contribution in [-0.4, -0.2) is 27.9 Å². The number of nitrogens with zero attached hydrogens (tertiary/aromatic N) is 3. The van der Waals surface area contributed by atoms with Crippen molar-refractivity contribution in [1.29, 1.82) is 0 Å². The van der Waals surface area contributed by atoms with Crippen LogP contribution in [0.15, 0.2) is 22.1 Å². The molecule has 0 amide bonds. The first-order valence-corrected chi connectivity index (χ1v) is 5.84. The first-order valence-electron chi connectivity index (χ1n) is 5.84. The first-order chi connectivity index (χ1) is 8.51. The third-order valence-electron chi connectivity index (χ3n) is 1.97. The van der Waals surface area contributed by atoms with Gasteiger partial charge in [0.2, 0.25) is 0 Å². The summed E-state index contributed by atoms with van der Waals surface area (Å²) in [5.74, 6) is 1.42. The van der Waals surface area contributed by atoms with E-state index in [1.54, 1.807) is 0 Å². The molecular weight excluding hydrogens is 228 g/mol. The minimum atomic E-state index is 0.157. The number of rotatable bonds is 5. The maximum Gasteiger partial charge on any atom is 0.175 e. The van der Waals surface area contributed by atoms with Gasteiger partial charge in [-0.3, -0.25) is 10.1 Å². The van der Waals surface area contributed by atoms with Gasteiger partial charge in [-0.25, -0.2) is 4.99 Å². The Labute approximate surface area is 107 Å². The highest BCUT2D eigenvalue weighted by Gasteiger charge is 2.01. The molecule has 0 radical (unpaired) electrons. The highest BCUT2D eigenvalue weighted by atomic mass is 15.2. The largest absolute Gasteiger partial charge is 0.387 e. The number of H-pyrrole nitrogens is 1. The van der Waals surface area contributed by atoms with Crippen molar-refractivity contribution < 1.29 is 0 Å². The van der Waals surface area contributed by atoms with Crippen molar-refractivity contribution >= 4 is 23.6 Å². The Kier molecular flexibility index (Phi) is 5.10. The van der Waals surface area contributed by atoms with Crippen molar-refractivity contribution in [2.75, 3.05) is 0 Å². The Bertz CT molecular complexity index is 467. The molecule has 0 fully saturated rings. The van der Waals surface area contributed by atoms with Gasteiger partial charge in [-0.2, -0.15) is 5.10 Å². The highest BCUT2D eigenvalue weighted by molar-refractivity contribution is 6.01. The second-order valence-electron chi connectivity index (χ2n) is 4.18. The monoisotopic (exact) mass is 248 g/mol. The van der Waals surface area contributed by atoms with E-state index in [1.807, 2.05) is 39.0 Å². The molecule has 1 aromatic rings.